The number of amides is 1. The number of anilines is 1. The van der Waals surface area contributed by atoms with E-state index in [2.05, 4.69) is 15.2 Å². The molecule has 2 aromatic carbocycles. The van der Waals surface area contributed by atoms with Gasteiger partial charge in [0.05, 0.1) is 10.7 Å². The van der Waals surface area contributed by atoms with Gasteiger partial charge in [0, 0.05) is 23.1 Å². The van der Waals surface area contributed by atoms with Gasteiger partial charge >= 0.3 is 0 Å². The van der Waals surface area contributed by atoms with Crippen molar-refractivity contribution in [3.05, 3.63) is 58.1 Å². The van der Waals surface area contributed by atoms with Gasteiger partial charge < -0.3 is 4.74 Å². The van der Waals surface area contributed by atoms with Crippen LogP contribution in [0.3, 0.4) is 0 Å². The molecule has 0 saturated carbocycles. The molecule has 1 aliphatic heterocycles. The SMILES string of the molecule is CSc1nnc2c(n1)OC(c1ccc(Cl)cc1Cl)N(C(C)=O)c1ccccc1-2. The van der Waals surface area contributed by atoms with Crippen molar-refractivity contribution in [2.45, 2.75) is 18.3 Å². The maximum Gasteiger partial charge on any atom is 0.247 e. The molecule has 0 saturated heterocycles. The van der Waals surface area contributed by atoms with Gasteiger partial charge in [0.1, 0.15) is 0 Å². The standard InChI is InChI=1S/C19H14Cl2N4O2S/c1-10(26)25-15-6-4-3-5-13(15)16-17(22-19(28-2)24-23-16)27-18(25)12-8-7-11(20)9-14(12)21/h3-9,18H,1-2H3. The van der Waals surface area contributed by atoms with Gasteiger partial charge in [-0.15, -0.1) is 10.2 Å². The number of fused-ring (bicyclic) bond motifs is 3. The first kappa shape index (κ1) is 19.0. The zero-order chi connectivity index (χ0) is 19.8. The van der Waals surface area contributed by atoms with Crippen LogP contribution >= 0.6 is 35.0 Å². The zero-order valence-corrected chi connectivity index (χ0v) is 17.2. The summed E-state index contributed by atoms with van der Waals surface area (Å²) >= 11 is 13.8. The minimum atomic E-state index is -0.837. The van der Waals surface area contributed by atoms with Crippen LogP contribution < -0.4 is 9.64 Å². The van der Waals surface area contributed by atoms with Crippen molar-refractivity contribution in [3.63, 3.8) is 0 Å². The van der Waals surface area contributed by atoms with Gasteiger partial charge in [-0.05, 0) is 24.5 Å². The van der Waals surface area contributed by atoms with Gasteiger partial charge in [0.15, 0.2) is 5.69 Å². The molecular formula is C19H14Cl2N4O2S. The van der Waals surface area contributed by atoms with Crippen LogP contribution in [0.15, 0.2) is 47.6 Å². The lowest BCUT2D eigenvalue weighted by Gasteiger charge is -2.30. The lowest BCUT2D eigenvalue weighted by Crippen LogP contribution is -2.36. The van der Waals surface area contributed by atoms with E-state index in [4.69, 9.17) is 27.9 Å². The van der Waals surface area contributed by atoms with Crippen molar-refractivity contribution >= 4 is 46.6 Å². The number of benzene rings is 2. The molecule has 28 heavy (non-hydrogen) atoms. The van der Waals surface area contributed by atoms with Gasteiger partial charge in [0.2, 0.25) is 23.2 Å². The van der Waals surface area contributed by atoms with Crippen LogP contribution in [-0.2, 0) is 4.79 Å². The molecule has 1 unspecified atom stereocenters. The molecule has 9 heteroatoms. The molecule has 0 bridgehead atoms. The number of carbonyl (C=O) groups excluding carboxylic acids is 1. The maximum absolute atomic E-state index is 12.7. The summed E-state index contributed by atoms with van der Waals surface area (Å²) < 4.78 is 6.21. The van der Waals surface area contributed by atoms with Gasteiger partial charge in [-0.1, -0.05) is 59.2 Å². The van der Waals surface area contributed by atoms with Crippen LogP contribution in [0.4, 0.5) is 5.69 Å². The number of hydrogen-bond donors (Lipinski definition) is 0. The molecule has 1 aliphatic rings. The average molecular weight is 433 g/mol. The highest BCUT2D eigenvalue weighted by molar-refractivity contribution is 7.98. The van der Waals surface area contributed by atoms with Gasteiger partial charge in [-0.3, -0.25) is 9.69 Å². The van der Waals surface area contributed by atoms with E-state index < -0.39 is 6.23 Å². The highest BCUT2D eigenvalue weighted by atomic mass is 35.5. The number of thioether (sulfide) groups is 1. The predicted octanol–water partition coefficient (Wildman–Crippen LogP) is 5.01. The normalized spacial score (nSPS) is 15.3. The minimum Gasteiger partial charge on any atom is -0.447 e. The second-order valence-corrected chi connectivity index (χ2v) is 7.61. The van der Waals surface area contributed by atoms with E-state index >= 15 is 0 Å². The lowest BCUT2D eigenvalue weighted by atomic mass is 10.1. The first-order valence-electron chi connectivity index (χ1n) is 8.29. The average Bonchev–Trinajstić information content (AvgIpc) is 2.81. The van der Waals surface area contributed by atoms with Crippen molar-refractivity contribution in [2.75, 3.05) is 11.2 Å². The molecule has 142 valence electrons. The Kier molecular flexibility index (Phi) is 5.14. The Hall–Kier alpha value is -2.35. The number of ether oxygens (including phenoxy) is 1. The summed E-state index contributed by atoms with van der Waals surface area (Å²) in [6.07, 6.45) is 1.01. The molecule has 1 amide bonds. The maximum atomic E-state index is 12.7. The summed E-state index contributed by atoms with van der Waals surface area (Å²) in [5.41, 5.74) is 2.39. The van der Waals surface area contributed by atoms with E-state index in [1.54, 1.807) is 18.2 Å². The Balaban J connectivity index is 1.99. The Labute approximate surface area is 175 Å². The second kappa shape index (κ2) is 7.58. The van der Waals surface area contributed by atoms with Crippen LogP contribution in [0.1, 0.15) is 18.7 Å². The summed E-state index contributed by atoms with van der Waals surface area (Å²) in [6, 6.07) is 12.4. The van der Waals surface area contributed by atoms with E-state index in [0.29, 0.717) is 37.7 Å². The third-order valence-corrected chi connectivity index (χ3v) is 5.36. The summed E-state index contributed by atoms with van der Waals surface area (Å²) in [7, 11) is 0. The molecule has 3 aromatic rings. The fourth-order valence-corrected chi connectivity index (χ4v) is 3.84. The van der Waals surface area contributed by atoms with E-state index in [1.165, 1.54) is 23.6 Å². The molecule has 4 rings (SSSR count). The third kappa shape index (κ3) is 3.30. The Morgan fingerprint density at radius 1 is 1.18 bits per heavy atom. The van der Waals surface area contributed by atoms with Gasteiger partial charge in [0.25, 0.3) is 0 Å². The highest BCUT2D eigenvalue weighted by Crippen LogP contribution is 2.44. The van der Waals surface area contributed by atoms with Gasteiger partial charge in [-0.25, -0.2) is 0 Å². The number of hydrogen-bond acceptors (Lipinski definition) is 6. The first-order chi connectivity index (χ1) is 13.5. The topological polar surface area (TPSA) is 68.2 Å². The molecular weight excluding hydrogens is 419 g/mol. The summed E-state index contributed by atoms with van der Waals surface area (Å²) in [6.45, 7) is 1.47. The Morgan fingerprint density at radius 3 is 2.68 bits per heavy atom. The number of aromatic nitrogens is 3. The van der Waals surface area contributed by atoms with Gasteiger partial charge in [-0.2, -0.15) is 4.98 Å². The van der Waals surface area contributed by atoms with E-state index in [1.807, 2.05) is 30.5 Å². The zero-order valence-electron chi connectivity index (χ0n) is 14.9. The van der Waals surface area contributed by atoms with Crippen LogP contribution in [0.25, 0.3) is 11.3 Å². The Morgan fingerprint density at radius 2 is 1.96 bits per heavy atom. The van der Waals surface area contributed by atoms with Crippen LogP contribution in [0.2, 0.25) is 10.0 Å². The summed E-state index contributed by atoms with van der Waals surface area (Å²) in [5.74, 6) is 0.0703. The largest absolute Gasteiger partial charge is 0.447 e. The molecule has 0 N–H and O–H groups in total. The van der Waals surface area contributed by atoms with Crippen molar-refractivity contribution < 1.29 is 9.53 Å². The summed E-state index contributed by atoms with van der Waals surface area (Å²) in [4.78, 5) is 18.7. The van der Waals surface area contributed by atoms with Crippen LogP contribution in [0, 0.1) is 0 Å². The molecule has 0 radical (unpaired) electrons. The molecule has 6 nitrogen and oxygen atoms in total. The molecule has 0 aliphatic carbocycles. The highest BCUT2D eigenvalue weighted by Gasteiger charge is 2.35. The van der Waals surface area contributed by atoms with Crippen molar-refractivity contribution in [1.82, 2.24) is 15.2 Å². The second-order valence-electron chi connectivity index (χ2n) is 5.99. The number of nitrogens with zero attached hydrogens (tertiary/aromatic N) is 4. The minimum absolute atomic E-state index is 0.214. The van der Waals surface area contributed by atoms with Crippen molar-refractivity contribution in [3.8, 4) is 17.1 Å². The Bertz CT molecular complexity index is 1080. The van der Waals surface area contributed by atoms with Crippen molar-refractivity contribution in [2.24, 2.45) is 0 Å². The number of halogens is 2. The van der Waals surface area contributed by atoms with E-state index in [9.17, 15) is 4.79 Å². The number of carbonyl (C=O) groups is 1. The fraction of sp³-hybridized carbons (Fsp3) is 0.158. The fourth-order valence-electron chi connectivity index (χ4n) is 3.04. The van der Waals surface area contributed by atoms with Crippen molar-refractivity contribution in [1.29, 1.82) is 0 Å². The smallest absolute Gasteiger partial charge is 0.247 e. The molecule has 1 atom stereocenters. The monoisotopic (exact) mass is 432 g/mol. The third-order valence-electron chi connectivity index (χ3n) is 4.26. The van der Waals surface area contributed by atoms with Crippen LogP contribution in [-0.4, -0.2) is 27.3 Å². The predicted molar refractivity (Wildman–Crippen MR) is 110 cm³/mol. The molecule has 0 spiro atoms. The number of para-hydroxylation sites is 1. The molecule has 2 heterocycles. The van der Waals surface area contributed by atoms with E-state index in [0.717, 1.165) is 0 Å². The number of rotatable bonds is 2. The lowest BCUT2D eigenvalue weighted by molar-refractivity contribution is -0.118. The van der Waals surface area contributed by atoms with Crippen LogP contribution in [0.5, 0.6) is 5.88 Å². The first-order valence-corrected chi connectivity index (χ1v) is 10.3. The molecule has 0 fully saturated rings. The summed E-state index contributed by atoms with van der Waals surface area (Å²) in [5, 5.41) is 9.77. The molecule has 1 aromatic heterocycles. The van der Waals surface area contributed by atoms with E-state index in [-0.39, 0.29) is 11.8 Å². The quantitative estimate of drug-likeness (QED) is 0.530.